The highest BCUT2D eigenvalue weighted by Gasteiger charge is 2.20. The molecule has 0 bridgehead atoms. The first-order valence-corrected chi connectivity index (χ1v) is 4.63. The number of rotatable bonds is 3. The molecular formula is C8H12N4O2. The molecule has 0 saturated heterocycles. The van der Waals surface area contributed by atoms with Gasteiger partial charge in [0.15, 0.2) is 0 Å². The molecular weight excluding hydrogens is 184 g/mol. The van der Waals surface area contributed by atoms with Gasteiger partial charge in [0.2, 0.25) is 11.5 Å². The number of nitrogens with zero attached hydrogens (tertiary/aromatic N) is 2. The number of anilines is 1. The Morgan fingerprint density at radius 1 is 1.57 bits per heavy atom. The Kier molecular flexibility index (Phi) is 2.34. The third kappa shape index (κ3) is 1.68. The van der Waals surface area contributed by atoms with E-state index in [-0.39, 0.29) is 17.4 Å². The number of amides is 1. The number of nitrogen functional groups attached to an aromatic ring is 1. The van der Waals surface area contributed by atoms with Gasteiger partial charge < -0.3 is 11.1 Å². The molecule has 76 valence electrons. The first-order chi connectivity index (χ1) is 6.77. The Morgan fingerprint density at radius 3 is 2.86 bits per heavy atom. The zero-order valence-corrected chi connectivity index (χ0v) is 7.69. The molecule has 1 amide bonds. The maximum Gasteiger partial charge on any atom is 0.277 e. The van der Waals surface area contributed by atoms with Gasteiger partial charge in [-0.2, -0.15) is 0 Å². The third-order valence-corrected chi connectivity index (χ3v) is 2.51. The Balaban J connectivity index is 1.86. The first kappa shape index (κ1) is 8.98. The minimum Gasteiger partial charge on any atom is -0.379 e. The molecule has 0 radical (unpaired) electrons. The van der Waals surface area contributed by atoms with Crippen LogP contribution in [0.15, 0.2) is 4.63 Å². The Bertz CT molecular complexity index is 332. The third-order valence-electron chi connectivity index (χ3n) is 2.51. The molecule has 0 aliphatic heterocycles. The molecule has 1 aromatic heterocycles. The van der Waals surface area contributed by atoms with E-state index in [9.17, 15) is 4.79 Å². The number of hydrogen-bond donors (Lipinski definition) is 2. The molecule has 0 spiro atoms. The van der Waals surface area contributed by atoms with Gasteiger partial charge in [0.25, 0.3) is 5.91 Å². The summed E-state index contributed by atoms with van der Waals surface area (Å²) in [6.45, 7) is 0.686. The standard InChI is InChI=1S/C8H12N4O2/c9-7-6(11-14-12-7)8(13)10-4-5-2-1-3-5/h5H,1-4H2,(H2,9,12)(H,10,13). The minimum atomic E-state index is -0.310. The van der Waals surface area contributed by atoms with Crippen LogP contribution in [0, 0.1) is 5.92 Å². The molecule has 1 aliphatic carbocycles. The van der Waals surface area contributed by atoms with E-state index >= 15 is 0 Å². The topological polar surface area (TPSA) is 94.0 Å². The second-order valence-corrected chi connectivity index (χ2v) is 3.51. The second kappa shape index (κ2) is 3.65. The van der Waals surface area contributed by atoms with Crippen LogP contribution in [0.1, 0.15) is 29.8 Å². The summed E-state index contributed by atoms with van der Waals surface area (Å²) in [6, 6.07) is 0. The summed E-state index contributed by atoms with van der Waals surface area (Å²) >= 11 is 0. The second-order valence-electron chi connectivity index (χ2n) is 3.51. The van der Waals surface area contributed by atoms with Gasteiger partial charge in [-0.3, -0.25) is 4.79 Å². The summed E-state index contributed by atoms with van der Waals surface area (Å²) in [5.41, 5.74) is 5.44. The van der Waals surface area contributed by atoms with Crippen LogP contribution in [0.2, 0.25) is 0 Å². The first-order valence-electron chi connectivity index (χ1n) is 4.63. The van der Waals surface area contributed by atoms with Gasteiger partial charge in [-0.25, -0.2) is 4.63 Å². The highest BCUT2D eigenvalue weighted by molar-refractivity contribution is 5.95. The maximum atomic E-state index is 11.4. The van der Waals surface area contributed by atoms with Crippen molar-refractivity contribution in [3.8, 4) is 0 Å². The van der Waals surface area contributed by atoms with E-state index in [2.05, 4.69) is 20.3 Å². The van der Waals surface area contributed by atoms with Crippen LogP contribution in [-0.4, -0.2) is 22.8 Å². The zero-order valence-electron chi connectivity index (χ0n) is 7.69. The summed E-state index contributed by atoms with van der Waals surface area (Å²) < 4.78 is 4.33. The predicted octanol–water partition coefficient (Wildman–Crippen LogP) is 0.182. The number of hydrogen-bond acceptors (Lipinski definition) is 5. The molecule has 1 heterocycles. The molecule has 1 fully saturated rings. The quantitative estimate of drug-likeness (QED) is 0.719. The lowest BCUT2D eigenvalue weighted by Gasteiger charge is -2.24. The van der Waals surface area contributed by atoms with Crippen molar-refractivity contribution in [2.75, 3.05) is 12.3 Å². The van der Waals surface area contributed by atoms with Gasteiger partial charge >= 0.3 is 0 Å². The summed E-state index contributed by atoms with van der Waals surface area (Å²) in [4.78, 5) is 11.4. The summed E-state index contributed by atoms with van der Waals surface area (Å²) in [5.74, 6) is 0.340. The number of carbonyl (C=O) groups excluding carboxylic acids is 1. The Hall–Kier alpha value is -1.59. The molecule has 6 heteroatoms. The van der Waals surface area contributed by atoms with Gasteiger partial charge in [-0.15, -0.1) is 0 Å². The van der Waals surface area contributed by atoms with E-state index in [0.717, 1.165) is 0 Å². The lowest BCUT2D eigenvalue weighted by molar-refractivity contribution is 0.0930. The van der Waals surface area contributed by atoms with E-state index in [0.29, 0.717) is 12.5 Å². The number of nitrogens with one attached hydrogen (secondary N) is 1. The lowest BCUT2D eigenvalue weighted by Crippen LogP contribution is -2.32. The van der Waals surface area contributed by atoms with E-state index < -0.39 is 0 Å². The number of aromatic nitrogens is 2. The van der Waals surface area contributed by atoms with Crippen LogP contribution >= 0.6 is 0 Å². The lowest BCUT2D eigenvalue weighted by atomic mass is 9.85. The van der Waals surface area contributed by atoms with E-state index in [1.807, 2.05) is 0 Å². The normalized spacial score (nSPS) is 16.3. The van der Waals surface area contributed by atoms with Gasteiger partial charge in [0.05, 0.1) is 0 Å². The average Bonchev–Trinajstić information content (AvgIpc) is 2.48. The maximum absolute atomic E-state index is 11.4. The highest BCUT2D eigenvalue weighted by atomic mass is 16.6. The molecule has 1 aromatic rings. The fourth-order valence-corrected chi connectivity index (χ4v) is 1.37. The molecule has 0 aromatic carbocycles. The minimum absolute atomic E-state index is 0.0381. The van der Waals surface area contributed by atoms with Crippen LogP contribution < -0.4 is 11.1 Å². The molecule has 1 saturated carbocycles. The van der Waals surface area contributed by atoms with E-state index in [4.69, 9.17) is 5.73 Å². The Morgan fingerprint density at radius 2 is 2.36 bits per heavy atom. The summed E-state index contributed by atoms with van der Waals surface area (Å²) in [7, 11) is 0. The molecule has 6 nitrogen and oxygen atoms in total. The molecule has 0 unspecified atom stereocenters. The van der Waals surface area contributed by atoms with Crippen molar-refractivity contribution >= 4 is 11.7 Å². The molecule has 0 atom stereocenters. The van der Waals surface area contributed by atoms with E-state index in [1.54, 1.807) is 0 Å². The number of nitrogens with two attached hydrogens (primary N) is 1. The van der Waals surface area contributed by atoms with Crippen LogP contribution in [-0.2, 0) is 0 Å². The van der Waals surface area contributed by atoms with Crippen LogP contribution in [0.5, 0.6) is 0 Å². The molecule has 2 rings (SSSR count). The largest absolute Gasteiger partial charge is 0.379 e. The zero-order chi connectivity index (χ0) is 9.97. The number of carbonyl (C=O) groups is 1. The summed E-state index contributed by atoms with van der Waals surface area (Å²) in [6.07, 6.45) is 3.63. The smallest absolute Gasteiger partial charge is 0.277 e. The van der Waals surface area contributed by atoms with Crippen LogP contribution in [0.25, 0.3) is 0 Å². The SMILES string of the molecule is Nc1nonc1C(=O)NCC1CCC1. The predicted molar refractivity (Wildman–Crippen MR) is 48.4 cm³/mol. The van der Waals surface area contributed by atoms with Crippen molar-refractivity contribution in [3.63, 3.8) is 0 Å². The van der Waals surface area contributed by atoms with Gasteiger partial charge in [0, 0.05) is 6.54 Å². The van der Waals surface area contributed by atoms with Gasteiger partial charge in [0.1, 0.15) is 0 Å². The summed E-state index contributed by atoms with van der Waals surface area (Å²) in [5, 5.41) is 9.49. The van der Waals surface area contributed by atoms with Crippen molar-refractivity contribution in [1.82, 2.24) is 15.6 Å². The van der Waals surface area contributed by atoms with Crippen molar-refractivity contribution in [2.45, 2.75) is 19.3 Å². The van der Waals surface area contributed by atoms with Crippen molar-refractivity contribution in [3.05, 3.63) is 5.69 Å². The van der Waals surface area contributed by atoms with Crippen LogP contribution in [0.3, 0.4) is 0 Å². The average molecular weight is 196 g/mol. The monoisotopic (exact) mass is 196 g/mol. The molecule has 1 aliphatic rings. The van der Waals surface area contributed by atoms with Gasteiger partial charge in [-0.1, -0.05) is 6.42 Å². The van der Waals surface area contributed by atoms with Crippen LogP contribution in [0.4, 0.5) is 5.82 Å². The highest BCUT2D eigenvalue weighted by Crippen LogP contribution is 2.25. The van der Waals surface area contributed by atoms with Crippen molar-refractivity contribution in [1.29, 1.82) is 0 Å². The van der Waals surface area contributed by atoms with Crippen molar-refractivity contribution in [2.24, 2.45) is 5.92 Å². The molecule has 14 heavy (non-hydrogen) atoms. The van der Waals surface area contributed by atoms with E-state index in [1.165, 1.54) is 19.3 Å². The Labute approximate surface area is 80.8 Å². The fourth-order valence-electron chi connectivity index (χ4n) is 1.37. The van der Waals surface area contributed by atoms with Crippen molar-refractivity contribution < 1.29 is 9.42 Å². The fraction of sp³-hybridized carbons (Fsp3) is 0.625. The molecule has 3 N–H and O–H groups in total. The van der Waals surface area contributed by atoms with Gasteiger partial charge in [-0.05, 0) is 29.1 Å².